The van der Waals surface area contributed by atoms with Crippen LogP contribution < -0.4 is 0 Å². The molecular formula is C36H50N4. The molecule has 0 radical (unpaired) electrons. The van der Waals surface area contributed by atoms with Gasteiger partial charge in [0.25, 0.3) is 0 Å². The highest BCUT2D eigenvalue weighted by Crippen LogP contribution is 2.10. The van der Waals surface area contributed by atoms with Crippen LogP contribution in [0.1, 0.15) is 64.8 Å². The van der Waals surface area contributed by atoms with Crippen LogP contribution in [-0.4, -0.2) is 45.9 Å². The van der Waals surface area contributed by atoms with Crippen molar-refractivity contribution in [3.05, 3.63) is 132 Å². The summed E-state index contributed by atoms with van der Waals surface area (Å²) < 4.78 is 0. The minimum absolute atomic E-state index is 0.825. The fourth-order valence-electron chi connectivity index (χ4n) is 4.21. The Bertz CT molecular complexity index is 1000. The van der Waals surface area contributed by atoms with Crippen molar-refractivity contribution in [1.29, 1.82) is 0 Å². The summed E-state index contributed by atoms with van der Waals surface area (Å²) in [6, 6.07) is 12.3. The number of unbranched alkanes of at least 4 members (excludes halogenated alkanes) is 2. The molecule has 0 spiro atoms. The molecule has 0 aliphatic rings. The largest absolute Gasteiger partial charge is 0.292 e. The van der Waals surface area contributed by atoms with Crippen molar-refractivity contribution in [1.82, 2.24) is 19.8 Å². The van der Waals surface area contributed by atoms with Crippen molar-refractivity contribution in [3.63, 3.8) is 0 Å². The van der Waals surface area contributed by atoms with Crippen LogP contribution in [-0.2, 0) is 13.1 Å². The molecule has 0 saturated carbocycles. The number of aromatic nitrogens is 2. The van der Waals surface area contributed by atoms with Gasteiger partial charge in [-0.2, -0.15) is 0 Å². The van der Waals surface area contributed by atoms with Gasteiger partial charge in [-0.15, -0.1) is 0 Å². The van der Waals surface area contributed by atoms with Crippen LogP contribution in [0, 0.1) is 0 Å². The predicted molar refractivity (Wildman–Crippen MR) is 173 cm³/mol. The third-order valence-corrected chi connectivity index (χ3v) is 6.29. The molecule has 0 aromatic carbocycles. The van der Waals surface area contributed by atoms with E-state index < -0.39 is 0 Å². The monoisotopic (exact) mass is 538 g/mol. The molecule has 0 amide bonds. The van der Waals surface area contributed by atoms with Gasteiger partial charge >= 0.3 is 0 Å². The van der Waals surface area contributed by atoms with E-state index in [2.05, 4.69) is 132 Å². The van der Waals surface area contributed by atoms with Crippen molar-refractivity contribution >= 4 is 0 Å². The smallest absolute Gasteiger partial charge is 0.0544 e. The molecule has 0 aliphatic heterocycles. The molecule has 4 heteroatoms. The van der Waals surface area contributed by atoms with Gasteiger partial charge in [-0.1, -0.05) is 111 Å². The molecule has 4 nitrogen and oxygen atoms in total. The molecule has 0 atom stereocenters. The highest BCUT2D eigenvalue weighted by Gasteiger charge is 2.13. The first kappa shape index (κ1) is 32.9. The van der Waals surface area contributed by atoms with E-state index in [0.29, 0.717) is 0 Å². The molecule has 0 fully saturated rings. The van der Waals surface area contributed by atoms with Crippen LogP contribution >= 0.6 is 0 Å². The summed E-state index contributed by atoms with van der Waals surface area (Å²) in [7, 11) is 0. The summed E-state index contributed by atoms with van der Waals surface area (Å²) in [5.74, 6) is 0. The second-order valence-corrected chi connectivity index (χ2v) is 10.3. The van der Waals surface area contributed by atoms with Gasteiger partial charge < -0.3 is 0 Å². The van der Waals surface area contributed by atoms with Gasteiger partial charge in [-0.3, -0.25) is 19.8 Å². The first-order chi connectivity index (χ1) is 19.6. The average Bonchev–Trinajstić information content (AvgIpc) is 2.96. The Labute approximate surface area is 244 Å². The molecule has 0 bridgehead atoms. The molecule has 2 heterocycles. The van der Waals surface area contributed by atoms with Crippen LogP contribution in [0.4, 0.5) is 0 Å². The van der Waals surface area contributed by atoms with Crippen molar-refractivity contribution in [3.8, 4) is 0 Å². The minimum Gasteiger partial charge on any atom is -0.292 e. The van der Waals surface area contributed by atoms with Crippen LogP contribution in [0.2, 0.25) is 0 Å². The molecule has 40 heavy (non-hydrogen) atoms. The van der Waals surface area contributed by atoms with Crippen molar-refractivity contribution in [2.24, 2.45) is 0 Å². The zero-order valence-electron chi connectivity index (χ0n) is 25.3. The molecule has 0 saturated heterocycles. The number of allylic oxidation sites excluding steroid dienone is 10. The molecule has 2 aromatic rings. The molecule has 2 rings (SSSR count). The molecule has 0 aliphatic carbocycles. The van der Waals surface area contributed by atoms with Crippen LogP contribution in [0.5, 0.6) is 0 Å². The average molecular weight is 539 g/mol. The Hall–Kier alpha value is -3.34. The van der Waals surface area contributed by atoms with Gasteiger partial charge in [0.2, 0.25) is 0 Å². The van der Waals surface area contributed by atoms with E-state index in [1.54, 1.807) is 0 Å². The third-order valence-electron chi connectivity index (χ3n) is 6.29. The molecular weight excluding hydrogens is 488 g/mol. The first-order valence-corrected chi connectivity index (χ1v) is 14.8. The number of pyridine rings is 2. The van der Waals surface area contributed by atoms with E-state index in [4.69, 9.17) is 0 Å². The lowest BCUT2D eigenvalue weighted by molar-refractivity contribution is 0.209. The topological polar surface area (TPSA) is 32.3 Å². The van der Waals surface area contributed by atoms with E-state index in [-0.39, 0.29) is 0 Å². The maximum atomic E-state index is 4.60. The summed E-state index contributed by atoms with van der Waals surface area (Å²) in [4.78, 5) is 14.2. The Morgan fingerprint density at radius 2 is 1.07 bits per heavy atom. The quantitative estimate of drug-likeness (QED) is 0.168. The zero-order valence-corrected chi connectivity index (χ0v) is 25.3. The SMILES string of the molecule is CCC/C=C/C=C\C=C(/C)CN(CCN(C/C(C)=C/C=C\C=C\CCC)Cc1ccccn1)Cc1ccccn1. The Morgan fingerprint density at radius 1 is 0.625 bits per heavy atom. The van der Waals surface area contributed by atoms with Gasteiger partial charge in [0.05, 0.1) is 11.4 Å². The zero-order chi connectivity index (χ0) is 28.7. The summed E-state index contributed by atoms with van der Waals surface area (Å²) in [5.41, 5.74) is 4.87. The summed E-state index contributed by atoms with van der Waals surface area (Å²) in [6.45, 7) is 14.2. The van der Waals surface area contributed by atoms with Gasteiger partial charge in [-0.05, 0) is 51.0 Å². The Balaban J connectivity index is 2.11. The number of rotatable bonds is 19. The Morgan fingerprint density at radius 3 is 1.45 bits per heavy atom. The van der Waals surface area contributed by atoms with Gasteiger partial charge in [0.1, 0.15) is 0 Å². The van der Waals surface area contributed by atoms with E-state index in [1.165, 1.54) is 24.0 Å². The molecule has 2 aromatic heterocycles. The number of hydrogen-bond donors (Lipinski definition) is 0. The Kier molecular flexibility index (Phi) is 17.6. The third kappa shape index (κ3) is 15.9. The van der Waals surface area contributed by atoms with Crippen molar-refractivity contribution in [2.45, 2.75) is 66.5 Å². The highest BCUT2D eigenvalue weighted by molar-refractivity contribution is 5.18. The van der Waals surface area contributed by atoms with Gasteiger partial charge in [0.15, 0.2) is 0 Å². The standard InChI is InChI=1S/C36H50N4/c1-5-7-9-11-13-15-21-33(3)29-39(31-35-23-17-19-25-37-35)27-28-40(32-36-24-18-20-26-38-36)30-34(4)22-16-14-12-10-8-6-2/h9-26H,5-8,27-32H2,1-4H3/b11-9+,12-10+,15-13-,16-14-,33-21+,34-22+. The lowest BCUT2D eigenvalue weighted by Gasteiger charge is -2.28. The fraction of sp³-hybridized carbons (Fsp3) is 0.389. The number of nitrogens with zero attached hydrogens (tertiary/aromatic N) is 4. The minimum atomic E-state index is 0.825. The summed E-state index contributed by atoms with van der Waals surface area (Å²) in [6.07, 6.45) is 30.1. The second kappa shape index (κ2) is 21.5. The maximum Gasteiger partial charge on any atom is 0.0544 e. The van der Waals surface area contributed by atoms with E-state index in [0.717, 1.165) is 63.5 Å². The molecule has 214 valence electrons. The lowest BCUT2D eigenvalue weighted by atomic mass is 10.2. The van der Waals surface area contributed by atoms with E-state index in [9.17, 15) is 0 Å². The highest BCUT2D eigenvalue weighted by atomic mass is 15.2. The fourth-order valence-corrected chi connectivity index (χ4v) is 4.21. The normalized spacial score (nSPS) is 13.3. The second-order valence-electron chi connectivity index (χ2n) is 10.3. The van der Waals surface area contributed by atoms with Crippen molar-refractivity contribution in [2.75, 3.05) is 26.2 Å². The van der Waals surface area contributed by atoms with Crippen LogP contribution in [0.25, 0.3) is 0 Å². The number of hydrogen-bond acceptors (Lipinski definition) is 4. The lowest BCUT2D eigenvalue weighted by Crippen LogP contribution is -2.36. The van der Waals surface area contributed by atoms with Gasteiger partial charge in [0, 0.05) is 51.7 Å². The van der Waals surface area contributed by atoms with E-state index in [1.807, 2.05) is 24.5 Å². The summed E-state index contributed by atoms with van der Waals surface area (Å²) >= 11 is 0. The summed E-state index contributed by atoms with van der Waals surface area (Å²) in [5, 5.41) is 0. The molecule has 0 N–H and O–H groups in total. The maximum absolute atomic E-state index is 4.60. The van der Waals surface area contributed by atoms with Crippen LogP contribution in [0.3, 0.4) is 0 Å². The molecule has 0 unspecified atom stereocenters. The van der Waals surface area contributed by atoms with E-state index >= 15 is 0 Å². The predicted octanol–water partition coefficient (Wildman–Crippen LogP) is 8.50. The van der Waals surface area contributed by atoms with Gasteiger partial charge in [-0.25, -0.2) is 0 Å². The van der Waals surface area contributed by atoms with Crippen molar-refractivity contribution < 1.29 is 0 Å². The first-order valence-electron chi connectivity index (χ1n) is 14.8. The van der Waals surface area contributed by atoms with Crippen LogP contribution in [0.15, 0.2) is 121 Å².